The van der Waals surface area contributed by atoms with Crippen LogP contribution in [0.5, 0.6) is 0 Å². The van der Waals surface area contributed by atoms with Gasteiger partial charge < -0.3 is 0 Å². The highest BCUT2D eigenvalue weighted by atomic mass is 35.5. The first kappa shape index (κ1) is 15.7. The van der Waals surface area contributed by atoms with E-state index in [4.69, 9.17) is 11.6 Å². The van der Waals surface area contributed by atoms with Gasteiger partial charge in [0.2, 0.25) is 4.96 Å². The number of thiazole rings is 1. The molecule has 25 heavy (non-hydrogen) atoms. The summed E-state index contributed by atoms with van der Waals surface area (Å²) in [6, 6.07) is 11.2. The Morgan fingerprint density at radius 3 is 2.64 bits per heavy atom. The molecular formula is C18H11ClN4OS. The molecule has 0 N–H and O–H groups in total. The number of nitrogens with zero attached hydrogens (tertiary/aromatic N) is 4. The van der Waals surface area contributed by atoms with Crippen LogP contribution in [0.3, 0.4) is 0 Å². The molecule has 0 aliphatic carbocycles. The molecule has 0 atom stereocenters. The van der Waals surface area contributed by atoms with E-state index in [-0.39, 0.29) is 5.56 Å². The summed E-state index contributed by atoms with van der Waals surface area (Å²) < 4.78 is 1.91. The molecule has 0 fully saturated rings. The zero-order valence-corrected chi connectivity index (χ0v) is 14.4. The number of fused-ring (bicyclic) bond motifs is 1. The number of aromatic nitrogens is 4. The van der Waals surface area contributed by atoms with Crippen molar-refractivity contribution < 1.29 is 0 Å². The molecule has 0 bridgehead atoms. The molecule has 1 aromatic carbocycles. The predicted octanol–water partition coefficient (Wildman–Crippen LogP) is 2.92. The first-order valence-corrected chi connectivity index (χ1v) is 8.63. The second-order valence-corrected chi connectivity index (χ2v) is 6.70. The van der Waals surface area contributed by atoms with E-state index in [1.807, 2.05) is 42.5 Å². The minimum absolute atomic E-state index is 0.178. The van der Waals surface area contributed by atoms with Crippen molar-refractivity contribution in [1.82, 2.24) is 19.6 Å². The van der Waals surface area contributed by atoms with E-state index in [0.29, 0.717) is 20.3 Å². The molecule has 0 aliphatic rings. The summed E-state index contributed by atoms with van der Waals surface area (Å²) in [5.74, 6) is 0.492. The Hall–Kier alpha value is -2.83. The van der Waals surface area contributed by atoms with Gasteiger partial charge in [0.15, 0.2) is 5.82 Å². The molecule has 3 aromatic heterocycles. The lowest BCUT2D eigenvalue weighted by Gasteiger charge is -1.92. The maximum atomic E-state index is 12.4. The van der Waals surface area contributed by atoms with Crippen molar-refractivity contribution in [2.75, 3.05) is 0 Å². The zero-order chi connectivity index (χ0) is 17.2. The Kier molecular flexibility index (Phi) is 4.13. The van der Waals surface area contributed by atoms with Gasteiger partial charge in [-0.3, -0.25) is 9.78 Å². The van der Waals surface area contributed by atoms with Gasteiger partial charge in [0.1, 0.15) is 0 Å². The lowest BCUT2D eigenvalue weighted by Crippen LogP contribution is -2.23. The molecule has 0 aliphatic heterocycles. The highest BCUT2D eigenvalue weighted by molar-refractivity contribution is 7.15. The highest BCUT2D eigenvalue weighted by Gasteiger charge is 2.08. The Morgan fingerprint density at radius 2 is 1.92 bits per heavy atom. The van der Waals surface area contributed by atoms with Crippen molar-refractivity contribution in [2.24, 2.45) is 0 Å². The fourth-order valence-corrected chi connectivity index (χ4v) is 3.32. The lowest BCUT2D eigenvalue weighted by atomic mass is 10.2. The van der Waals surface area contributed by atoms with Gasteiger partial charge in [-0.1, -0.05) is 47.2 Å². The van der Waals surface area contributed by atoms with E-state index in [9.17, 15) is 4.79 Å². The molecule has 3 heterocycles. The van der Waals surface area contributed by atoms with Gasteiger partial charge in [-0.15, -0.1) is 5.10 Å². The number of rotatable bonds is 3. The summed E-state index contributed by atoms with van der Waals surface area (Å²) in [5.41, 5.74) is 1.67. The molecule has 0 spiro atoms. The van der Waals surface area contributed by atoms with Gasteiger partial charge in [0.05, 0.1) is 4.53 Å². The largest absolute Gasteiger partial charge is 0.291 e. The van der Waals surface area contributed by atoms with Crippen LogP contribution in [0.4, 0.5) is 0 Å². The molecule has 4 rings (SSSR count). The topological polar surface area (TPSA) is 60.2 Å². The third-order valence-electron chi connectivity index (χ3n) is 3.48. The molecule has 0 amide bonds. The molecule has 0 saturated carbocycles. The molecule has 0 radical (unpaired) electrons. The van der Waals surface area contributed by atoms with Crippen molar-refractivity contribution in [3.05, 3.63) is 85.7 Å². The third-order valence-corrected chi connectivity index (χ3v) is 4.69. The van der Waals surface area contributed by atoms with E-state index in [2.05, 4.69) is 15.1 Å². The Bertz CT molecular complexity index is 1160. The summed E-state index contributed by atoms with van der Waals surface area (Å²) in [6.45, 7) is 0. The SMILES string of the molecule is O=c1/c(=C\c2cccnc2)sc2nc(/C=C/c3ccc(Cl)cc3)nn12. The van der Waals surface area contributed by atoms with Crippen molar-refractivity contribution in [3.8, 4) is 0 Å². The normalized spacial score (nSPS) is 12.4. The summed E-state index contributed by atoms with van der Waals surface area (Å²) in [6.07, 6.45) is 8.84. The Balaban J connectivity index is 1.67. The number of hydrogen-bond acceptors (Lipinski definition) is 5. The fraction of sp³-hybridized carbons (Fsp3) is 0. The number of pyridine rings is 1. The number of benzene rings is 1. The minimum atomic E-state index is -0.178. The van der Waals surface area contributed by atoms with Crippen molar-refractivity contribution in [1.29, 1.82) is 0 Å². The maximum absolute atomic E-state index is 12.4. The van der Waals surface area contributed by atoms with Crippen LogP contribution < -0.4 is 10.1 Å². The average molecular weight is 367 g/mol. The van der Waals surface area contributed by atoms with Crippen LogP contribution in [0.2, 0.25) is 5.02 Å². The van der Waals surface area contributed by atoms with Crippen LogP contribution in [0, 0.1) is 0 Å². The van der Waals surface area contributed by atoms with Gasteiger partial charge in [-0.05, 0) is 41.5 Å². The molecule has 4 aromatic rings. The second-order valence-electron chi connectivity index (χ2n) is 5.25. The molecule has 0 unspecified atom stereocenters. The van der Waals surface area contributed by atoms with Crippen molar-refractivity contribution in [3.63, 3.8) is 0 Å². The monoisotopic (exact) mass is 366 g/mol. The van der Waals surface area contributed by atoms with Crippen LogP contribution in [0.25, 0.3) is 23.2 Å². The maximum Gasteiger partial charge on any atom is 0.291 e. The predicted molar refractivity (Wildman–Crippen MR) is 101 cm³/mol. The fourth-order valence-electron chi connectivity index (χ4n) is 2.28. The van der Waals surface area contributed by atoms with E-state index >= 15 is 0 Å². The number of hydrogen-bond donors (Lipinski definition) is 0. The van der Waals surface area contributed by atoms with Gasteiger partial charge in [-0.25, -0.2) is 0 Å². The van der Waals surface area contributed by atoms with E-state index in [1.165, 1.54) is 15.9 Å². The minimum Gasteiger partial charge on any atom is -0.266 e. The molecule has 0 saturated heterocycles. The number of halogens is 1. The summed E-state index contributed by atoms with van der Waals surface area (Å²) >= 11 is 7.17. The van der Waals surface area contributed by atoms with E-state index < -0.39 is 0 Å². The smallest absolute Gasteiger partial charge is 0.266 e. The zero-order valence-electron chi connectivity index (χ0n) is 12.8. The summed E-state index contributed by atoms with van der Waals surface area (Å²) in [4.78, 5) is 21.4. The molecule has 5 nitrogen and oxygen atoms in total. The Morgan fingerprint density at radius 1 is 1.08 bits per heavy atom. The van der Waals surface area contributed by atoms with Crippen LogP contribution in [-0.4, -0.2) is 19.6 Å². The molecule has 122 valence electrons. The Labute approximate surface area is 151 Å². The van der Waals surface area contributed by atoms with Gasteiger partial charge in [-0.2, -0.15) is 9.50 Å². The lowest BCUT2D eigenvalue weighted by molar-refractivity contribution is 0.925. The van der Waals surface area contributed by atoms with Gasteiger partial charge >= 0.3 is 0 Å². The van der Waals surface area contributed by atoms with Gasteiger partial charge in [0.25, 0.3) is 5.56 Å². The van der Waals surface area contributed by atoms with Gasteiger partial charge in [0, 0.05) is 17.4 Å². The third kappa shape index (κ3) is 3.35. The van der Waals surface area contributed by atoms with Crippen molar-refractivity contribution >= 4 is 46.1 Å². The van der Waals surface area contributed by atoms with Crippen LogP contribution in [0.1, 0.15) is 17.0 Å². The second kappa shape index (κ2) is 6.58. The van der Waals surface area contributed by atoms with E-state index in [0.717, 1.165) is 11.1 Å². The summed E-state index contributed by atoms with van der Waals surface area (Å²) in [7, 11) is 0. The van der Waals surface area contributed by atoms with Crippen LogP contribution >= 0.6 is 22.9 Å². The first-order chi connectivity index (χ1) is 12.2. The van der Waals surface area contributed by atoms with Crippen molar-refractivity contribution in [2.45, 2.75) is 0 Å². The molecule has 7 heteroatoms. The highest BCUT2D eigenvalue weighted by Crippen LogP contribution is 2.12. The van der Waals surface area contributed by atoms with E-state index in [1.54, 1.807) is 24.5 Å². The summed E-state index contributed by atoms with van der Waals surface area (Å²) in [5, 5.41) is 4.95. The standard InChI is InChI=1S/C18H11ClN4OS/c19-14-6-3-12(4-7-14)5-8-16-21-18-23(22-16)17(24)15(25-18)10-13-2-1-9-20-11-13/h1-11H/b8-5+,15-10+. The molecular weight excluding hydrogens is 356 g/mol. The van der Waals surface area contributed by atoms with Crippen LogP contribution in [0.15, 0.2) is 53.6 Å². The first-order valence-electron chi connectivity index (χ1n) is 7.44. The van der Waals surface area contributed by atoms with Crippen LogP contribution in [-0.2, 0) is 0 Å². The quantitative estimate of drug-likeness (QED) is 0.559. The average Bonchev–Trinajstić information content (AvgIpc) is 3.15.